The first-order chi connectivity index (χ1) is 10.6. The van der Waals surface area contributed by atoms with E-state index in [2.05, 4.69) is 18.5 Å². The van der Waals surface area contributed by atoms with E-state index in [1.807, 2.05) is 19.9 Å². The Morgan fingerprint density at radius 1 is 1.39 bits per heavy atom. The molecule has 3 aliphatic rings. The first kappa shape index (κ1) is 17.6. The summed E-state index contributed by atoms with van der Waals surface area (Å²) in [7, 11) is 0. The SMILES string of the molecule is C=C[C@]12N=C(C(Cl)(Cl)Cl)O[C@H]1C=C(C)CC2[C@H]1COC(C)(C)O1. The highest BCUT2D eigenvalue weighted by Crippen LogP contribution is 2.49. The molecule has 1 fully saturated rings. The maximum Gasteiger partial charge on any atom is 0.266 e. The van der Waals surface area contributed by atoms with Gasteiger partial charge in [-0.25, -0.2) is 4.99 Å². The summed E-state index contributed by atoms with van der Waals surface area (Å²) in [6, 6.07) is 0. The van der Waals surface area contributed by atoms with Crippen LogP contribution in [0.25, 0.3) is 0 Å². The monoisotopic (exact) mass is 379 g/mol. The third-order valence-electron chi connectivity index (χ3n) is 4.61. The highest BCUT2D eigenvalue weighted by Gasteiger charge is 2.57. The first-order valence-electron chi connectivity index (χ1n) is 7.54. The summed E-state index contributed by atoms with van der Waals surface area (Å²) in [6.07, 6.45) is 4.12. The fraction of sp³-hybridized carbons (Fsp3) is 0.688. The van der Waals surface area contributed by atoms with E-state index in [0.717, 1.165) is 6.42 Å². The van der Waals surface area contributed by atoms with Gasteiger partial charge in [0.05, 0.1) is 12.7 Å². The lowest BCUT2D eigenvalue weighted by Gasteiger charge is -2.41. The van der Waals surface area contributed by atoms with Crippen molar-refractivity contribution in [3.63, 3.8) is 0 Å². The molecule has 1 unspecified atom stereocenters. The summed E-state index contributed by atoms with van der Waals surface area (Å²) in [4.78, 5) is 4.64. The summed E-state index contributed by atoms with van der Waals surface area (Å²) in [5.74, 6) is -0.512. The summed E-state index contributed by atoms with van der Waals surface area (Å²) < 4.78 is 15.9. The molecule has 2 heterocycles. The minimum absolute atomic E-state index is 0.00150. The van der Waals surface area contributed by atoms with Crippen LogP contribution in [0.2, 0.25) is 0 Å². The van der Waals surface area contributed by atoms with Gasteiger partial charge in [-0.15, -0.1) is 6.58 Å². The lowest BCUT2D eigenvalue weighted by molar-refractivity contribution is -0.148. The maximum atomic E-state index is 6.07. The Hall–Kier alpha value is -0.260. The number of fused-ring (bicyclic) bond motifs is 1. The van der Waals surface area contributed by atoms with Gasteiger partial charge in [0.1, 0.15) is 11.6 Å². The van der Waals surface area contributed by atoms with E-state index in [-0.39, 0.29) is 24.0 Å². The second-order valence-corrected chi connectivity index (χ2v) is 9.02. The molecular weight excluding hydrogens is 361 g/mol. The molecule has 23 heavy (non-hydrogen) atoms. The van der Waals surface area contributed by atoms with E-state index in [0.29, 0.717) is 6.61 Å². The molecule has 128 valence electrons. The standard InChI is InChI=1S/C16H20Cl3NO3/c1-5-15-10(11-8-21-14(3,4)23-11)6-9(2)7-12(15)22-13(20-15)16(17,18)19/h5,7,10-12H,1,6,8H2,2-4H3/t10?,11-,12+,15-/m1/s1. The van der Waals surface area contributed by atoms with Gasteiger partial charge in [0, 0.05) is 5.92 Å². The van der Waals surface area contributed by atoms with Gasteiger partial charge in [0.2, 0.25) is 5.90 Å². The van der Waals surface area contributed by atoms with Crippen molar-refractivity contribution in [1.29, 1.82) is 0 Å². The average Bonchev–Trinajstić information content (AvgIpc) is 2.98. The fourth-order valence-corrected chi connectivity index (χ4v) is 3.83. The minimum atomic E-state index is -1.70. The zero-order chi connectivity index (χ0) is 17.0. The number of rotatable bonds is 2. The van der Waals surface area contributed by atoms with E-state index in [1.165, 1.54) is 5.57 Å². The van der Waals surface area contributed by atoms with E-state index < -0.39 is 15.1 Å². The number of halogens is 3. The molecule has 1 aliphatic carbocycles. The quantitative estimate of drug-likeness (QED) is 0.532. The molecule has 0 saturated carbocycles. The van der Waals surface area contributed by atoms with Crippen molar-refractivity contribution in [2.75, 3.05) is 6.61 Å². The average molecular weight is 381 g/mol. The second kappa shape index (κ2) is 5.63. The number of hydrogen-bond acceptors (Lipinski definition) is 4. The smallest absolute Gasteiger partial charge is 0.266 e. The molecule has 0 radical (unpaired) electrons. The molecule has 0 spiro atoms. The maximum absolute atomic E-state index is 6.07. The van der Waals surface area contributed by atoms with Crippen molar-refractivity contribution < 1.29 is 14.2 Å². The number of hydrogen-bond donors (Lipinski definition) is 0. The molecular formula is C16H20Cl3NO3. The van der Waals surface area contributed by atoms with Gasteiger partial charge in [0.15, 0.2) is 5.79 Å². The third-order valence-corrected chi connectivity index (χ3v) is 5.09. The predicted octanol–water partition coefficient (Wildman–Crippen LogP) is 4.20. The summed E-state index contributed by atoms with van der Waals surface area (Å²) >= 11 is 17.9. The van der Waals surface area contributed by atoms with Gasteiger partial charge in [-0.1, -0.05) is 46.5 Å². The number of ether oxygens (including phenoxy) is 3. The van der Waals surface area contributed by atoms with Crippen LogP contribution in [0, 0.1) is 5.92 Å². The number of alkyl halides is 3. The van der Waals surface area contributed by atoms with E-state index in [1.54, 1.807) is 6.08 Å². The van der Waals surface area contributed by atoms with Crippen LogP contribution in [0.3, 0.4) is 0 Å². The molecule has 0 aromatic heterocycles. The predicted molar refractivity (Wildman–Crippen MR) is 92.3 cm³/mol. The van der Waals surface area contributed by atoms with Crippen LogP contribution in [0.5, 0.6) is 0 Å². The Labute approximate surface area is 151 Å². The second-order valence-electron chi connectivity index (χ2n) is 6.74. The van der Waals surface area contributed by atoms with E-state index in [4.69, 9.17) is 49.0 Å². The summed E-state index contributed by atoms with van der Waals surface area (Å²) in [5, 5.41) is 0. The Morgan fingerprint density at radius 3 is 2.61 bits per heavy atom. The van der Waals surface area contributed by atoms with Crippen LogP contribution in [0.1, 0.15) is 27.2 Å². The zero-order valence-electron chi connectivity index (χ0n) is 13.3. The molecule has 2 aliphatic heterocycles. The highest BCUT2D eigenvalue weighted by atomic mass is 35.6. The molecule has 4 atom stereocenters. The van der Waals surface area contributed by atoms with Crippen molar-refractivity contribution in [3.05, 3.63) is 24.3 Å². The largest absolute Gasteiger partial charge is 0.467 e. The lowest BCUT2D eigenvalue weighted by atomic mass is 9.70. The molecule has 0 bridgehead atoms. The van der Waals surface area contributed by atoms with Gasteiger partial charge in [-0.2, -0.15) is 0 Å². The Bertz CT molecular complexity index is 582. The van der Waals surface area contributed by atoms with Gasteiger partial charge < -0.3 is 14.2 Å². The summed E-state index contributed by atoms with van der Waals surface area (Å²) in [6.45, 7) is 10.3. The van der Waals surface area contributed by atoms with Crippen LogP contribution < -0.4 is 0 Å². The summed E-state index contributed by atoms with van der Waals surface area (Å²) in [5.41, 5.74) is 0.472. The topological polar surface area (TPSA) is 40.0 Å². The van der Waals surface area contributed by atoms with Crippen molar-refractivity contribution in [2.45, 2.75) is 54.5 Å². The minimum Gasteiger partial charge on any atom is -0.467 e. The van der Waals surface area contributed by atoms with Crippen LogP contribution in [0.15, 0.2) is 29.3 Å². The fourth-order valence-electron chi connectivity index (χ4n) is 3.57. The zero-order valence-corrected chi connectivity index (χ0v) is 15.6. The molecule has 0 aromatic carbocycles. The van der Waals surface area contributed by atoms with Gasteiger partial charge in [0.25, 0.3) is 3.79 Å². The van der Waals surface area contributed by atoms with Crippen LogP contribution in [-0.4, -0.2) is 39.8 Å². The Morgan fingerprint density at radius 2 is 2.09 bits per heavy atom. The van der Waals surface area contributed by atoms with Crippen molar-refractivity contribution in [2.24, 2.45) is 10.9 Å². The first-order valence-corrected chi connectivity index (χ1v) is 8.67. The molecule has 0 aromatic rings. The third kappa shape index (κ3) is 3.05. The van der Waals surface area contributed by atoms with Crippen molar-refractivity contribution in [3.8, 4) is 0 Å². The highest BCUT2D eigenvalue weighted by molar-refractivity contribution is 6.76. The Balaban J connectivity index is 2.01. The lowest BCUT2D eigenvalue weighted by Crippen LogP contribution is -2.50. The molecule has 1 saturated heterocycles. The molecule has 3 rings (SSSR count). The number of aliphatic imine (C=N–C) groups is 1. The molecule has 7 heteroatoms. The van der Waals surface area contributed by atoms with Crippen LogP contribution in [-0.2, 0) is 14.2 Å². The van der Waals surface area contributed by atoms with E-state index >= 15 is 0 Å². The number of allylic oxidation sites excluding steroid dienone is 1. The molecule has 0 amide bonds. The van der Waals surface area contributed by atoms with E-state index in [9.17, 15) is 0 Å². The van der Waals surface area contributed by atoms with Gasteiger partial charge in [-0.05, 0) is 33.3 Å². The van der Waals surface area contributed by atoms with Crippen LogP contribution >= 0.6 is 34.8 Å². The van der Waals surface area contributed by atoms with Crippen LogP contribution in [0.4, 0.5) is 0 Å². The number of nitrogens with zero attached hydrogens (tertiary/aromatic N) is 1. The van der Waals surface area contributed by atoms with Crippen molar-refractivity contribution in [1.82, 2.24) is 0 Å². The van der Waals surface area contributed by atoms with Gasteiger partial charge >= 0.3 is 0 Å². The Kier molecular flexibility index (Phi) is 4.30. The van der Waals surface area contributed by atoms with Crippen molar-refractivity contribution >= 4 is 40.7 Å². The molecule has 0 N–H and O–H groups in total. The normalized spacial score (nSPS) is 39.3. The van der Waals surface area contributed by atoms with Gasteiger partial charge in [-0.3, -0.25) is 0 Å². The molecule has 4 nitrogen and oxygen atoms in total.